The van der Waals surface area contributed by atoms with Crippen LogP contribution in [0.4, 0.5) is 0 Å². The smallest absolute Gasteiger partial charge is 0.328 e. The predicted octanol–water partition coefficient (Wildman–Crippen LogP) is 4.56. The van der Waals surface area contributed by atoms with E-state index in [1.54, 1.807) is 6.92 Å². The van der Waals surface area contributed by atoms with Gasteiger partial charge in [-0.25, -0.2) is 4.79 Å². The van der Waals surface area contributed by atoms with Gasteiger partial charge in [0.25, 0.3) is 0 Å². The highest BCUT2D eigenvalue weighted by Gasteiger charge is 2.38. The molecule has 1 atom stereocenters. The Bertz CT molecular complexity index is 856. The third kappa shape index (κ3) is 4.83. The molecule has 0 heterocycles. The monoisotopic (exact) mass is 348 g/mol. The Labute approximate surface area is 155 Å². The molecule has 0 saturated carbocycles. The molecular formula is C23H24O3. The number of carbonyl (C=O) groups is 2. The van der Waals surface area contributed by atoms with E-state index in [-0.39, 0.29) is 17.1 Å². The zero-order valence-corrected chi connectivity index (χ0v) is 15.7. The van der Waals surface area contributed by atoms with Gasteiger partial charge in [0.2, 0.25) is 0 Å². The summed E-state index contributed by atoms with van der Waals surface area (Å²) >= 11 is 0. The Morgan fingerprint density at radius 2 is 1.88 bits per heavy atom. The predicted molar refractivity (Wildman–Crippen MR) is 103 cm³/mol. The summed E-state index contributed by atoms with van der Waals surface area (Å²) in [6, 6.07) is 9.59. The molecule has 1 N–H and O–H groups in total. The highest BCUT2D eigenvalue weighted by molar-refractivity contribution is 6.02. The Hall–Kier alpha value is -2.86. The minimum atomic E-state index is -0.966. The summed E-state index contributed by atoms with van der Waals surface area (Å²) < 4.78 is 0. The molecule has 0 spiro atoms. The lowest BCUT2D eigenvalue weighted by Gasteiger charge is -2.37. The van der Waals surface area contributed by atoms with Gasteiger partial charge in [-0.1, -0.05) is 56.0 Å². The molecule has 3 heteroatoms. The number of carboxylic acid groups (broad SMARTS) is 1. The van der Waals surface area contributed by atoms with Crippen LogP contribution in [0, 0.1) is 23.2 Å². The molecule has 0 aliphatic heterocycles. The Morgan fingerprint density at radius 1 is 1.23 bits per heavy atom. The van der Waals surface area contributed by atoms with E-state index in [9.17, 15) is 9.59 Å². The first-order valence-electron chi connectivity index (χ1n) is 8.61. The van der Waals surface area contributed by atoms with Crippen molar-refractivity contribution >= 4 is 11.8 Å². The molecule has 2 rings (SSSR count). The number of allylic oxidation sites excluding steroid dienone is 5. The molecule has 0 bridgehead atoms. The number of carbonyl (C=O) groups excluding carboxylic acids is 1. The zero-order chi connectivity index (χ0) is 19.3. The van der Waals surface area contributed by atoms with Gasteiger partial charge in [0.15, 0.2) is 5.78 Å². The number of carboxylic acids is 1. The highest BCUT2D eigenvalue weighted by atomic mass is 16.4. The minimum absolute atomic E-state index is 0.0254. The zero-order valence-electron chi connectivity index (χ0n) is 15.7. The topological polar surface area (TPSA) is 54.4 Å². The van der Waals surface area contributed by atoms with Crippen molar-refractivity contribution in [2.75, 3.05) is 0 Å². The first-order valence-corrected chi connectivity index (χ1v) is 8.61. The lowest BCUT2D eigenvalue weighted by Crippen LogP contribution is -2.33. The van der Waals surface area contributed by atoms with E-state index in [2.05, 4.69) is 25.7 Å². The van der Waals surface area contributed by atoms with Gasteiger partial charge in [-0.2, -0.15) is 0 Å². The summed E-state index contributed by atoms with van der Waals surface area (Å²) in [6.45, 7) is 7.81. The van der Waals surface area contributed by atoms with Crippen LogP contribution in [0.15, 0.2) is 65.3 Å². The van der Waals surface area contributed by atoms with E-state index in [1.807, 2.05) is 49.4 Å². The molecule has 1 aromatic rings. The summed E-state index contributed by atoms with van der Waals surface area (Å²) in [5.74, 6) is 5.26. The normalized spacial score (nSPS) is 20.1. The van der Waals surface area contributed by atoms with Crippen LogP contribution in [0.2, 0.25) is 0 Å². The van der Waals surface area contributed by atoms with Crippen molar-refractivity contribution in [2.45, 2.75) is 34.1 Å². The average Bonchev–Trinajstić information content (AvgIpc) is 2.53. The molecule has 3 nitrogen and oxygen atoms in total. The second-order valence-electron chi connectivity index (χ2n) is 7.33. The van der Waals surface area contributed by atoms with Crippen LogP contribution in [-0.4, -0.2) is 16.9 Å². The van der Waals surface area contributed by atoms with Crippen LogP contribution in [-0.2, 0) is 9.59 Å². The molecule has 0 aromatic heterocycles. The SMILES string of the molecule is CC1=C(C#Cc2ccccc2)C(=O)CC(C)(C)C1/C=C/C(C)=C\C(=O)O. The van der Waals surface area contributed by atoms with Gasteiger partial charge < -0.3 is 5.11 Å². The van der Waals surface area contributed by atoms with Crippen molar-refractivity contribution in [3.05, 3.63) is 70.8 Å². The van der Waals surface area contributed by atoms with Crippen molar-refractivity contribution in [1.29, 1.82) is 0 Å². The summed E-state index contributed by atoms with van der Waals surface area (Å²) in [6.07, 6.45) is 5.38. The van der Waals surface area contributed by atoms with Gasteiger partial charge in [-0.15, -0.1) is 0 Å². The third-order valence-electron chi connectivity index (χ3n) is 4.61. The van der Waals surface area contributed by atoms with Crippen LogP contribution in [0.25, 0.3) is 0 Å². The van der Waals surface area contributed by atoms with Gasteiger partial charge in [-0.05, 0) is 42.5 Å². The van der Waals surface area contributed by atoms with Crippen LogP contribution >= 0.6 is 0 Å². The van der Waals surface area contributed by atoms with Crippen molar-refractivity contribution in [2.24, 2.45) is 11.3 Å². The fraction of sp³-hybridized carbons (Fsp3) is 0.304. The number of aliphatic carboxylic acids is 1. The summed E-state index contributed by atoms with van der Waals surface area (Å²) in [7, 11) is 0. The molecule has 0 amide bonds. The van der Waals surface area contributed by atoms with E-state index >= 15 is 0 Å². The number of hydrogen-bond acceptors (Lipinski definition) is 2. The third-order valence-corrected chi connectivity index (χ3v) is 4.61. The second-order valence-corrected chi connectivity index (χ2v) is 7.33. The van der Waals surface area contributed by atoms with Crippen LogP contribution in [0.5, 0.6) is 0 Å². The maximum absolute atomic E-state index is 12.6. The molecule has 1 unspecified atom stereocenters. The number of Topliss-reactive ketones (excluding diaryl/α,β-unsaturated/α-hetero) is 1. The first-order chi connectivity index (χ1) is 12.2. The molecule has 1 aliphatic rings. The van der Waals surface area contributed by atoms with Gasteiger partial charge in [0.05, 0.1) is 5.57 Å². The fourth-order valence-corrected chi connectivity index (χ4v) is 3.29. The molecule has 1 aliphatic carbocycles. The van der Waals surface area contributed by atoms with Crippen LogP contribution in [0.1, 0.15) is 39.7 Å². The van der Waals surface area contributed by atoms with Crippen molar-refractivity contribution in [3.8, 4) is 11.8 Å². The number of rotatable bonds is 3. The highest BCUT2D eigenvalue weighted by Crippen LogP contribution is 2.43. The van der Waals surface area contributed by atoms with Gasteiger partial charge in [0, 0.05) is 24.0 Å². The molecule has 0 saturated heterocycles. The summed E-state index contributed by atoms with van der Waals surface area (Å²) in [5.41, 5.74) is 2.81. The van der Waals surface area contributed by atoms with E-state index in [0.717, 1.165) is 11.1 Å². The largest absolute Gasteiger partial charge is 0.478 e. The molecule has 1 aromatic carbocycles. The quantitative estimate of drug-likeness (QED) is 0.495. The van der Waals surface area contributed by atoms with E-state index in [0.29, 0.717) is 17.6 Å². The standard InChI is InChI=1S/C23H24O3/c1-16(14-22(25)26)10-13-20-17(2)19(21(24)15-23(20,3)4)12-11-18-8-6-5-7-9-18/h5-10,13-14,20H,15H2,1-4H3,(H,25,26)/b13-10+,16-14-. The number of hydrogen-bond donors (Lipinski definition) is 1. The van der Waals surface area contributed by atoms with E-state index < -0.39 is 5.97 Å². The Balaban J connectivity index is 2.41. The molecule has 134 valence electrons. The first kappa shape index (κ1) is 19.5. The fourth-order valence-electron chi connectivity index (χ4n) is 3.29. The maximum Gasteiger partial charge on any atom is 0.328 e. The van der Waals surface area contributed by atoms with Crippen molar-refractivity contribution in [1.82, 2.24) is 0 Å². The van der Waals surface area contributed by atoms with Crippen LogP contribution < -0.4 is 0 Å². The lowest BCUT2D eigenvalue weighted by molar-refractivity contribution is -0.131. The molecule has 0 radical (unpaired) electrons. The maximum atomic E-state index is 12.6. The minimum Gasteiger partial charge on any atom is -0.478 e. The average molecular weight is 348 g/mol. The van der Waals surface area contributed by atoms with Crippen molar-refractivity contribution in [3.63, 3.8) is 0 Å². The molecular weight excluding hydrogens is 324 g/mol. The van der Waals surface area contributed by atoms with Crippen LogP contribution in [0.3, 0.4) is 0 Å². The van der Waals surface area contributed by atoms with E-state index in [1.165, 1.54) is 6.08 Å². The van der Waals surface area contributed by atoms with Gasteiger partial charge in [0.1, 0.15) is 0 Å². The second kappa shape index (κ2) is 8.01. The van der Waals surface area contributed by atoms with Gasteiger partial charge in [-0.3, -0.25) is 4.79 Å². The Kier molecular flexibility index (Phi) is 6.00. The summed E-state index contributed by atoms with van der Waals surface area (Å²) in [5, 5.41) is 8.85. The van der Waals surface area contributed by atoms with Crippen molar-refractivity contribution < 1.29 is 14.7 Å². The number of benzene rings is 1. The molecule has 0 fully saturated rings. The van der Waals surface area contributed by atoms with E-state index in [4.69, 9.17) is 5.11 Å². The molecule has 26 heavy (non-hydrogen) atoms. The summed E-state index contributed by atoms with van der Waals surface area (Å²) in [4.78, 5) is 23.4. The number of ketones is 1. The Morgan fingerprint density at radius 3 is 2.50 bits per heavy atom. The van der Waals surface area contributed by atoms with Gasteiger partial charge >= 0.3 is 5.97 Å². The lowest BCUT2D eigenvalue weighted by atomic mass is 9.66.